The average molecular weight is 201 g/mol. The zero-order chi connectivity index (χ0) is 8.97. The molecule has 1 N–H and O–H groups in total. The van der Waals surface area contributed by atoms with Gasteiger partial charge in [-0.2, -0.15) is 0 Å². The van der Waals surface area contributed by atoms with Crippen LogP contribution in [0.5, 0.6) is 0 Å². The van der Waals surface area contributed by atoms with Gasteiger partial charge in [-0.25, -0.2) is 0 Å². The van der Waals surface area contributed by atoms with Crippen molar-refractivity contribution in [2.75, 3.05) is 11.1 Å². The van der Waals surface area contributed by atoms with Crippen molar-refractivity contribution in [3.05, 3.63) is 12.1 Å². The maximum absolute atomic E-state index is 10.7. The monoisotopic (exact) mass is 201 g/mol. The zero-order valence-electron chi connectivity index (χ0n) is 7.09. The van der Waals surface area contributed by atoms with Crippen molar-refractivity contribution in [1.29, 1.82) is 0 Å². The molecule has 0 aromatic carbocycles. The van der Waals surface area contributed by atoms with Gasteiger partial charge in [0.25, 0.3) is 0 Å². The van der Waals surface area contributed by atoms with Crippen LogP contribution in [0.3, 0.4) is 0 Å². The van der Waals surface area contributed by atoms with Crippen LogP contribution < -0.4 is 5.32 Å². The Morgan fingerprint density at radius 2 is 2.42 bits per heavy atom. The summed E-state index contributed by atoms with van der Waals surface area (Å²) < 4.78 is 1.25. The fraction of sp³-hybridized carbons (Fsp3) is 0.375. The third-order valence-corrected chi connectivity index (χ3v) is 3.28. The molecule has 0 unspecified atom stereocenters. The van der Waals surface area contributed by atoms with E-state index in [4.69, 9.17) is 0 Å². The number of hydrogen-bond donors (Lipinski definition) is 1. The summed E-state index contributed by atoms with van der Waals surface area (Å²) >= 11 is 3.41. The summed E-state index contributed by atoms with van der Waals surface area (Å²) in [6.45, 7) is 3.63. The first-order valence-electron chi connectivity index (χ1n) is 3.72. The van der Waals surface area contributed by atoms with Crippen molar-refractivity contribution in [2.45, 2.75) is 18.1 Å². The van der Waals surface area contributed by atoms with Gasteiger partial charge in [-0.1, -0.05) is 6.92 Å². The van der Waals surface area contributed by atoms with E-state index in [-0.39, 0.29) is 5.91 Å². The second-order valence-electron chi connectivity index (χ2n) is 2.23. The molecule has 0 saturated carbocycles. The number of thioether (sulfide) groups is 1. The summed E-state index contributed by atoms with van der Waals surface area (Å²) in [6.07, 6.45) is 0. The number of rotatable bonds is 3. The number of anilines is 1. The Balaban J connectivity index is 2.58. The molecular formula is C8H11NOS2. The van der Waals surface area contributed by atoms with Gasteiger partial charge in [-0.3, -0.25) is 4.79 Å². The van der Waals surface area contributed by atoms with E-state index in [0.29, 0.717) is 0 Å². The van der Waals surface area contributed by atoms with Crippen LogP contribution in [-0.2, 0) is 4.79 Å². The highest BCUT2D eigenvalue weighted by atomic mass is 32.2. The third kappa shape index (κ3) is 2.87. The minimum absolute atomic E-state index is 0.00935. The molecule has 0 bridgehead atoms. The first-order chi connectivity index (χ1) is 5.72. The molecule has 0 atom stereocenters. The summed E-state index contributed by atoms with van der Waals surface area (Å²) in [5.74, 6) is 1.06. The summed E-state index contributed by atoms with van der Waals surface area (Å²) in [6, 6.07) is 3.97. The van der Waals surface area contributed by atoms with Crippen molar-refractivity contribution >= 4 is 34.0 Å². The van der Waals surface area contributed by atoms with Crippen LogP contribution in [-0.4, -0.2) is 11.7 Å². The molecule has 4 heteroatoms. The van der Waals surface area contributed by atoms with E-state index in [1.54, 1.807) is 23.1 Å². The highest BCUT2D eigenvalue weighted by Crippen LogP contribution is 2.30. The molecule has 1 heterocycles. The molecule has 0 aliphatic rings. The van der Waals surface area contributed by atoms with Crippen molar-refractivity contribution < 1.29 is 4.79 Å². The summed E-state index contributed by atoms with van der Waals surface area (Å²) in [5.41, 5.74) is 0. The molecule has 0 saturated heterocycles. The predicted molar refractivity (Wildman–Crippen MR) is 55.0 cm³/mol. The van der Waals surface area contributed by atoms with Gasteiger partial charge in [-0.15, -0.1) is 23.1 Å². The van der Waals surface area contributed by atoms with Gasteiger partial charge in [0, 0.05) is 6.92 Å². The van der Waals surface area contributed by atoms with Crippen LogP contribution in [0.2, 0.25) is 0 Å². The Morgan fingerprint density at radius 3 is 3.00 bits per heavy atom. The Morgan fingerprint density at radius 1 is 1.67 bits per heavy atom. The van der Waals surface area contributed by atoms with Gasteiger partial charge in [0.05, 0.1) is 9.21 Å². The summed E-state index contributed by atoms with van der Waals surface area (Å²) in [7, 11) is 0. The molecule has 1 amide bonds. The van der Waals surface area contributed by atoms with Crippen LogP contribution in [0.25, 0.3) is 0 Å². The molecule has 0 spiro atoms. The van der Waals surface area contributed by atoms with E-state index in [9.17, 15) is 4.79 Å². The average Bonchev–Trinajstić information content (AvgIpc) is 2.36. The smallest absolute Gasteiger partial charge is 0.221 e. The zero-order valence-corrected chi connectivity index (χ0v) is 8.72. The lowest BCUT2D eigenvalue weighted by Crippen LogP contribution is -2.03. The molecule has 12 heavy (non-hydrogen) atoms. The van der Waals surface area contributed by atoms with E-state index >= 15 is 0 Å². The van der Waals surface area contributed by atoms with Crippen molar-refractivity contribution in [3.63, 3.8) is 0 Å². The van der Waals surface area contributed by atoms with E-state index in [0.717, 1.165) is 10.8 Å². The van der Waals surface area contributed by atoms with E-state index in [1.807, 2.05) is 12.1 Å². The van der Waals surface area contributed by atoms with Gasteiger partial charge in [0.1, 0.15) is 0 Å². The van der Waals surface area contributed by atoms with Crippen LogP contribution >= 0.6 is 23.1 Å². The van der Waals surface area contributed by atoms with Crippen LogP contribution in [0.4, 0.5) is 5.00 Å². The van der Waals surface area contributed by atoms with Crippen LogP contribution in [0.1, 0.15) is 13.8 Å². The maximum atomic E-state index is 10.7. The largest absolute Gasteiger partial charge is 0.318 e. The molecule has 0 radical (unpaired) electrons. The van der Waals surface area contributed by atoms with Gasteiger partial charge < -0.3 is 5.32 Å². The fourth-order valence-corrected chi connectivity index (χ4v) is 2.77. The standard InChI is InChI=1S/C8H11NOS2/c1-3-11-8-5-4-7(12-8)9-6(2)10/h4-5H,3H2,1-2H3,(H,9,10). The summed E-state index contributed by atoms with van der Waals surface area (Å²) in [5, 5.41) is 3.68. The number of carbonyl (C=O) groups excluding carboxylic acids is 1. The second kappa shape index (κ2) is 4.52. The quantitative estimate of drug-likeness (QED) is 0.762. The van der Waals surface area contributed by atoms with Gasteiger partial charge in [0.15, 0.2) is 0 Å². The van der Waals surface area contributed by atoms with E-state index < -0.39 is 0 Å². The Hall–Kier alpha value is -0.480. The fourth-order valence-electron chi connectivity index (χ4n) is 0.781. The predicted octanol–water partition coefficient (Wildman–Crippen LogP) is 2.82. The van der Waals surface area contributed by atoms with Crippen molar-refractivity contribution in [3.8, 4) is 0 Å². The minimum Gasteiger partial charge on any atom is -0.318 e. The van der Waals surface area contributed by atoms with E-state index in [1.165, 1.54) is 11.1 Å². The number of carbonyl (C=O) groups is 1. The molecule has 0 fully saturated rings. The minimum atomic E-state index is -0.00935. The Kier molecular flexibility index (Phi) is 3.62. The van der Waals surface area contributed by atoms with Crippen LogP contribution in [0, 0.1) is 0 Å². The van der Waals surface area contributed by atoms with Crippen molar-refractivity contribution in [2.24, 2.45) is 0 Å². The second-order valence-corrected chi connectivity index (χ2v) is 4.88. The topological polar surface area (TPSA) is 29.1 Å². The summed E-state index contributed by atoms with van der Waals surface area (Å²) in [4.78, 5) is 10.7. The number of hydrogen-bond acceptors (Lipinski definition) is 3. The Bertz CT molecular complexity index is 270. The first kappa shape index (κ1) is 9.61. The normalized spacial score (nSPS) is 9.83. The SMILES string of the molecule is CCSc1ccc(NC(C)=O)s1. The van der Waals surface area contributed by atoms with Gasteiger partial charge >= 0.3 is 0 Å². The highest BCUT2D eigenvalue weighted by molar-refractivity contribution is 8.01. The lowest BCUT2D eigenvalue weighted by Gasteiger charge is -1.94. The molecule has 1 aromatic heterocycles. The first-order valence-corrected chi connectivity index (χ1v) is 5.53. The molecular weight excluding hydrogens is 190 g/mol. The molecule has 1 rings (SSSR count). The van der Waals surface area contributed by atoms with Crippen LogP contribution in [0.15, 0.2) is 16.3 Å². The third-order valence-electron chi connectivity index (χ3n) is 1.17. The molecule has 1 aromatic rings. The maximum Gasteiger partial charge on any atom is 0.221 e. The Labute approximate surface area is 80.4 Å². The number of amides is 1. The van der Waals surface area contributed by atoms with Crippen molar-refractivity contribution in [1.82, 2.24) is 0 Å². The molecule has 66 valence electrons. The van der Waals surface area contributed by atoms with E-state index in [2.05, 4.69) is 12.2 Å². The molecule has 2 nitrogen and oxygen atoms in total. The molecule has 0 aliphatic carbocycles. The highest BCUT2D eigenvalue weighted by Gasteiger charge is 2.00. The number of thiophene rings is 1. The van der Waals surface area contributed by atoms with Gasteiger partial charge in [0.2, 0.25) is 5.91 Å². The molecule has 0 aliphatic heterocycles. The lowest BCUT2D eigenvalue weighted by atomic mass is 10.6. The lowest BCUT2D eigenvalue weighted by molar-refractivity contribution is -0.114. The number of nitrogens with one attached hydrogen (secondary N) is 1. The van der Waals surface area contributed by atoms with Gasteiger partial charge in [-0.05, 0) is 17.9 Å².